The predicted octanol–water partition coefficient (Wildman–Crippen LogP) is 4.03. The van der Waals surface area contributed by atoms with Crippen LogP contribution in [0.1, 0.15) is 11.1 Å². The molecular formula is C24H23F2N5O. The third kappa shape index (κ3) is 4.12. The lowest BCUT2D eigenvalue weighted by atomic mass is 9.98. The second-order valence-electron chi connectivity index (χ2n) is 7.82. The van der Waals surface area contributed by atoms with Gasteiger partial charge in [0.15, 0.2) is 0 Å². The first kappa shape index (κ1) is 21.7. The number of piperazine rings is 1. The maximum atomic E-state index is 14.5. The standard InChI is InChI=1S/C24H23F2N5O/c1-15-4-5-16(12-19(15)25)21-22(17-6-7-18(14-27)20(26)13-17)28-24(29-23(21)32-3)31-10-8-30(2)9-11-31/h4-7,12-13H,8-11H2,1-3H3. The molecule has 1 aliphatic heterocycles. The van der Waals surface area contributed by atoms with Crippen molar-refractivity contribution in [3.8, 4) is 34.3 Å². The highest BCUT2D eigenvalue weighted by Gasteiger charge is 2.24. The zero-order valence-corrected chi connectivity index (χ0v) is 18.2. The van der Waals surface area contributed by atoms with Crippen LogP contribution in [0.25, 0.3) is 22.4 Å². The number of rotatable bonds is 4. The van der Waals surface area contributed by atoms with Gasteiger partial charge < -0.3 is 14.5 Å². The molecule has 1 aliphatic rings. The maximum absolute atomic E-state index is 14.5. The Bertz CT molecular complexity index is 1200. The lowest BCUT2D eigenvalue weighted by Crippen LogP contribution is -2.45. The molecule has 0 N–H and O–H groups in total. The average molecular weight is 435 g/mol. The molecule has 2 aromatic carbocycles. The summed E-state index contributed by atoms with van der Waals surface area (Å²) in [4.78, 5) is 13.6. The van der Waals surface area contributed by atoms with Crippen molar-refractivity contribution in [3.05, 3.63) is 59.2 Å². The van der Waals surface area contributed by atoms with Crippen molar-refractivity contribution in [3.63, 3.8) is 0 Å². The third-order valence-electron chi connectivity index (χ3n) is 5.67. The van der Waals surface area contributed by atoms with E-state index < -0.39 is 5.82 Å². The number of benzene rings is 2. The molecule has 0 unspecified atom stereocenters. The SMILES string of the molecule is COc1nc(N2CCN(C)CC2)nc(-c2ccc(C#N)c(F)c2)c1-c1ccc(C)c(F)c1. The highest BCUT2D eigenvalue weighted by atomic mass is 19.1. The van der Waals surface area contributed by atoms with Crippen molar-refractivity contribution in [2.75, 3.05) is 45.2 Å². The predicted molar refractivity (Wildman–Crippen MR) is 119 cm³/mol. The van der Waals surface area contributed by atoms with Crippen molar-refractivity contribution in [2.45, 2.75) is 6.92 Å². The van der Waals surface area contributed by atoms with E-state index in [0.717, 1.165) is 26.2 Å². The molecule has 2 heterocycles. The van der Waals surface area contributed by atoms with E-state index in [2.05, 4.69) is 16.9 Å². The Labute approximate surface area is 185 Å². The number of nitrogens with zero attached hydrogens (tertiary/aromatic N) is 5. The first-order valence-electron chi connectivity index (χ1n) is 10.3. The molecule has 1 aromatic heterocycles. The molecule has 164 valence electrons. The van der Waals surface area contributed by atoms with Crippen LogP contribution in [0, 0.1) is 29.9 Å². The molecule has 0 aliphatic carbocycles. The summed E-state index contributed by atoms with van der Waals surface area (Å²) >= 11 is 0. The zero-order valence-electron chi connectivity index (χ0n) is 18.2. The summed E-state index contributed by atoms with van der Waals surface area (Å²) in [5.41, 5.74) is 2.31. The van der Waals surface area contributed by atoms with Crippen molar-refractivity contribution in [2.24, 2.45) is 0 Å². The minimum absolute atomic E-state index is 0.0583. The van der Waals surface area contributed by atoms with Crippen LogP contribution in [0.15, 0.2) is 36.4 Å². The van der Waals surface area contributed by atoms with Gasteiger partial charge >= 0.3 is 0 Å². The largest absolute Gasteiger partial charge is 0.480 e. The van der Waals surface area contributed by atoms with E-state index in [1.165, 1.54) is 25.3 Å². The Morgan fingerprint density at radius 3 is 2.28 bits per heavy atom. The Balaban J connectivity index is 1.94. The first-order chi connectivity index (χ1) is 15.4. The van der Waals surface area contributed by atoms with Gasteiger partial charge in [0.25, 0.3) is 0 Å². The van der Waals surface area contributed by atoms with E-state index in [1.807, 2.05) is 11.0 Å². The summed E-state index contributed by atoms with van der Waals surface area (Å²) in [6.07, 6.45) is 0. The molecule has 4 rings (SSSR count). The van der Waals surface area contributed by atoms with Crippen LogP contribution in [-0.2, 0) is 0 Å². The van der Waals surface area contributed by atoms with Gasteiger partial charge in [0.05, 0.1) is 23.9 Å². The first-order valence-corrected chi connectivity index (χ1v) is 10.3. The van der Waals surface area contributed by atoms with Crippen LogP contribution >= 0.6 is 0 Å². The molecule has 0 radical (unpaired) electrons. The number of hydrogen-bond donors (Lipinski definition) is 0. The number of anilines is 1. The minimum Gasteiger partial charge on any atom is -0.480 e. The van der Waals surface area contributed by atoms with Gasteiger partial charge in [-0.05, 0) is 43.3 Å². The molecule has 8 heteroatoms. The highest BCUT2D eigenvalue weighted by Crippen LogP contribution is 2.39. The molecule has 0 bridgehead atoms. The molecule has 32 heavy (non-hydrogen) atoms. The topological polar surface area (TPSA) is 65.3 Å². The quantitative estimate of drug-likeness (QED) is 0.617. The number of hydrogen-bond acceptors (Lipinski definition) is 6. The molecule has 1 saturated heterocycles. The fourth-order valence-electron chi connectivity index (χ4n) is 3.70. The molecule has 6 nitrogen and oxygen atoms in total. The number of ether oxygens (including phenoxy) is 1. The van der Waals surface area contributed by atoms with Crippen LogP contribution in [-0.4, -0.2) is 55.2 Å². The van der Waals surface area contributed by atoms with Crippen LogP contribution in [0.3, 0.4) is 0 Å². The van der Waals surface area contributed by atoms with Gasteiger partial charge in [-0.3, -0.25) is 0 Å². The normalized spacial score (nSPS) is 14.3. The molecular weight excluding hydrogens is 412 g/mol. The van der Waals surface area contributed by atoms with Gasteiger partial charge in [0, 0.05) is 31.7 Å². The monoisotopic (exact) mass is 435 g/mol. The van der Waals surface area contributed by atoms with Crippen molar-refractivity contribution >= 4 is 5.95 Å². The Morgan fingerprint density at radius 2 is 1.66 bits per heavy atom. The lowest BCUT2D eigenvalue weighted by Gasteiger charge is -2.33. The number of aromatic nitrogens is 2. The van der Waals surface area contributed by atoms with Crippen molar-refractivity contribution < 1.29 is 13.5 Å². The summed E-state index contributed by atoms with van der Waals surface area (Å²) in [6.45, 7) is 4.87. The number of nitriles is 1. The molecule has 1 fully saturated rings. The Kier molecular flexibility index (Phi) is 6.01. The molecule has 3 aromatic rings. The number of aryl methyl sites for hydroxylation is 1. The molecule has 0 amide bonds. The second kappa shape index (κ2) is 8.89. The number of likely N-dealkylation sites (N-methyl/N-ethyl adjacent to an activating group) is 1. The minimum atomic E-state index is -0.648. The molecule has 0 spiro atoms. The lowest BCUT2D eigenvalue weighted by molar-refractivity contribution is 0.310. The summed E-state index contributed by atoms with van der Waals surface area (Å²) < 4.78 is 34.5. The van der Waals surface area contributed by atoms with Crippen LogP contribution in [0.4, 0.5) is 14.7 Å². The van der Waals surface area contributed by atoms with Gasteiger partial charge in [-0.15, -0.1) is 0 Å². The van der Waals surface area contributed by atoms with Gasteiger partial charge in [-0.2, -0.15) is 10.2 Å². The van der Waals surface area contributed by atoms with Gasteiger partial charge in [0.2, 0.25) is 11.8 Å². The van der Waals surface area contributed by atoms with E-state index in [1.54, 1.807) is 25.1 Å². The highest BCUT2D eigenvalue weighted by molar-refractivity contribution is 5.85. The molecule has 0 atom stereocenters. The van der Waals surface area contributed by atoms with Crippen molar-refractivity contribution in [1.29, 1.82) is 5.26 Å². The number of methoxy groups -OCH3 is 1. The van der Waals surface area contributed by atoms with E-state index in [0.29, 0.717) is 33.9 Å². The van der Waals surface area contributed by atoms with E-state index in [-0.39, 0.29) is 17.3 Å². The Hall–Kier alpha value is -3.57. The van der Waals surface area contributed by atoms with Crippen LogP contribution in [0.2, 0.25) is 0 Å². The number of halogens is 2. The van der Waals surface area contributed by atoms with Crippen molar-refractivity contribution in [1.82, 2.24) is 14.9 Å². The maximum Gasteiger partial charge on any atom is 0.229 e. The fourth-order valence-corrected chi connectivity index (χ4v) is 3.70. The summed E-state index contributed by atoms with van der Waals surface area (Å²) in [5, 5.41) is 9.10. The van der Waals surface area contributed by atoms with E-state index in [4.69, 9.17) is 15.0 Å². The molecule has 0 saturated carbocycles. The van der Waals surface area contributed by atoms with Gasteiger partial charge in [0.1, 0.15) is 17.7 Å². The van der Waals surface area contributed by atoms with E-state index >= 15 is 0 Å². The van der Waals surface area contributed by atoms with Gasteiger partial charge in [-0.25, -0.2) is 13.8 Å². The summed E-state index contributed by atoms with van der Waals surface area (Å²) in [5.74, 6) is -0.280. The average Bonchev–Trinajstić information content (AvgIpc) is 2.80. The van der Waals surface area contributed by atoms with E-state index in [9.17, 15) is 8.78 Å². The smallest absolute Gasteiger partial charge is 0.229 e. The van der Waals surface area contributed by atoms with Gasteiger partial charge in [-0.1, -0.05) is 18.2 Å². The third-order valence-corrected chi connectivity index (χ3v) is 5.67. The summed E-state index contributed by atoms with van der Waals surface area (Å²) in [7, 11) is 3.55. The fraction of sp³-hybridized carbons (Fsp3) is 0.292. The zero-order chi connectivity index (χ0) is 22.8. The Morgan fingerprint density at radius 1 is 0.969 bits per heavy atom. The van der Waals surface area contributed by atoms with Crippen LogP contribution < -0.4 is 9.64 Å². The summed E-state index contributed by atoms with van der Waals surface area (Å²) in [6, 6.07) is 11.0. The van der Waals surface area contributed by atoms with Crippen LogP contribution in [0.5, 0.6) is 5.88 Å². The second-order valence-corrected chi connectivity index (χ2v) is 7.82.